The summed E-state index contributed by atoms with van der Waals surface area (Å²) < 4.78 is 26.3. The lowest BCUT2D eigenvalue weighted by Crippen LogP contribution is -2.31. The Morgan fingerprint density at radius 1 is 1.43 bits per heavy atom. The van der Waals surface area contributed by atoms with E-state index in [0.717, 1.165) is 0 Å². The third kappa shape index (κ3) is 2.68. The van der Waals surface area contributed by atoms with E-state index in [-0.39, 0.29) is 16.7 Å². The van der Waals surface area contributed by atoms with Gasteiger partial charge in [0, 0.05) is 9.37 Å². The van der Waals surface area contributed by atoms with Gasteiger partial charge in [0.05, 0.1) is 0 Å². The van der Waals surface area contributed by atoms with Crippen LogP contribution >= 0.6 is 27.7 Å². The van der Waals surface area contributed by atoms with Crippen LogP contribution in [0.5, 0.6) is 0 Å². The minimum absolute atomic E-state index is 0.126. The summed E-state index contributed by atoms with van der Waals surface area (Å²) in [5.74, 6) is -1.64. The number of amides is 1. The number of carbonyl (C=O) groups is 1. The van der Waals surface area contributed by atoms with E-state index < -0.39 is 11.2 Å². The molecule has 2 N–H and O–H groups in total. The number of carbonyl (C=O) groups excluding carboxylic acids is 1. The normalized spacial score (nSPS) is 11.4. The maximum atomic E-state index is 12.9. The minimum atomic E-state index is -3.58. The van der Waals surface area contributed by atoms with Crippen LogP contribution in [0.1, 0.15) is 0 Å². The Morgan fingerprint density at radius 2 is 2.00 bits per heavy atom. The maximum absolute atomic E-state index is 12.9. The Hall–Kier alpha value is -0.620. The molecule has 1 rings (SSSR count). The van der Waals surface area contributed by atoms with Crippen LogP contribution < -0.4 is 5.73 Å². The van der Waals surface area contributed by atoms with E-state index in [4.69, 9.17) is 0 Å². The van der Waals surface area contributed by atoms with E-state index in [1.165, 1.54) is 6.07 Å². The van der Waals surface area contributed by atoms with Crippen LogP contribution in [0.25, 0.3) is 0 Å². The van der Waals surface area contributed by atoms with Gasteiger partial charge < -0.3 is 5.73 Å². The summed E-state index contributed by atoms with van der Waals surface area (Å²) in [7, 11) is 0. The van der Waals surface area contributed by atoms with Crippen molar-refractivity contribution >= 4 is 33.6 Å². The third-order valence-electron chi connectivity index (χ3n) is 1.36. The number of primary amides is 1. The molecule has 0 heterocycles. The van der Waals surface area contributed by atoms with Crippen LogP contribution in [0.4, 0.5) is 8.78 Å². The van der Waals surface area contributed by atoms with Gasteiger partial charge in [-0.05, 0) is 39.8 Å². The summed E-state index contributed by atoms with van der Waals surface area (Å²) in [4.78, 5) is 10.6. The lowest BCUT2D eigenvalue weighted by atomic mass is 10.4. The van der Waals surface area contributed by atoms with Crippen molar-refractivity contribution < 1.29 is 13.6 Å². The summed E-state index contributed by atoms with van der Waals surface area (Å²) in [6, 6.07) is 6.38. The van der Waals surface area contributed by atoms with Crippen molar-refractivity contribution in [1.29, 1.82) is 0 Å². The molecular formula is C8H6BrF2NOS. The van der Waals surface area contributed by atoms with Crippen molar-refractivity contribution in [2.24, 2.45) is 5.73 Å². The Morgan fingerprint density at radius 3 is 2.50 bits per heavy atom. The molecule has 1 aromatic carbocycles. The number of rotatable bonds is 3. The van der Waals surface area contributed by atoms with E-state index in [2.05, 4.69) is 21.7 Å². The zero-order valence-corrected chi connectivity index (χ0v) is 9.24. The van der Waals surface area contributed by atoms with Gasteiger partial charge in [0.1, 0.15) is 0 Å². The van der Waals surface area contributed by atoms with Gasteiger partial charge in [0.2, 0.25) is 0 Å². The fourth-order valence-corrected chi connectivity index (χ4v) is 1.93. The molecule has 0 aliphatic carbocycles. The molecule has 0 bridgehead atoms. The Labute approximate surface area is 92.0 Å². The number of hydrogen-bond acceptors (Lipinski definition) is 2. The van der Waals surface area contributed by atoms with Crippen molar-refractivity contribution in [3.05, 3.63) is 28.7 Å². The van der Waals surface area contributed by atoms with Gasteiger partial charge in [-0.1, -0.05) is 12.1 Å². The summed E-state index contributed by atoms with van der Waals surface area (Å²) in [5.41, 5.74) is 4.54. The number of thioether (sulfide) groups is 1. The molecule has 0 unspecified atom stereocenters. The van der Waals surface area contributed by atoms with E-state index in [9.17, 15) is 13.6 Å². The lowest BCUT2D eigenvalue weighted by Gasteiger charge is -2.11. The molecule has 14 heavy (non-hydrogen) atoms. The van der Waals surface area contributed by atoms with Gasteiger partial charge in [-0.2, -0.15) is 8.78 Å². The molecule has 0 aliphatic heterocycles. The molecule has 1 aromatic rings. The predicted molar refractivity (Wildman–Crippen MR) is 54.1 cm³/mol. The molecule has 1 amide bonds. The molecular weight excluding hydrogens is 276 g/mol. The van der Waals surface area contributed by atoms with Gasteiger partial charge in [-0.15, -0.1) is 0 Å². The van der Waals surface area contributed by atoms with Crippen molar-refractivity contribution in [3.63, 3.8) is 0 Å². The van der Waals surface area contributed by atoms with Crippen molar-refractivity contribution in [1.82, 2.24) is 0 Å². The highest BCUT2D eigenvalue weighted by Gasteiger charge is 2.38. The Balaban J connectivity index is 2.89. The molecule has 2 nitrogen and oxygen atoms in total. The van der Waals surface area contributed by atoms with Crippen LogP contribution in [0.3, 0.4) is 0 Å². The van der Waals surface area contributed by atoms with Crippen LogP contribution in [0.15, 0.2) is 33.6 Å². The van der Waals surface area contributed by atoms with Crippen molar-refractivity contribution in [2.75, 3.05) is 0 Å². The molecule has 0 atom stereocenters. The summed E-state index contributed by atoms with van der Waals surface area (Å²) >= 11 is 3.22. The van der Waals surface area contributed by atoms with E-state index in [1.807, 2.05) is 0 Å². The highest BCUT2D eigenvalue weighted by atomic mass is 79.9. The fraction of sp³-hybridized carbons (Fsp3) is 0.125. The van der Waals surface area contributed by atoms with Crippen molar-refractivity contribution in [3.8, 4) is 0 Å². The molecule has 0 aliphatic rings. The van der Waals surface area contributed by atoms with Gasteiger partial charge in [-0.25, -0.2) is 0 Å². The van der Waals surface area contributed by atoms with Gasteiger partial charge >= 0.3 is 5.25 Å². The van der Waals surface area contributed by atoms with Gasteiger partial charge in [0.15, 0.2) is 0 Å². The highest BCUT2D eigenvalue weighted by Crippen LogP contribution is 2.38. The van der Waals surface area contributed by atoms with E-state index in [1.54, 1.807) is 18.2 Å². The third-order valence-corrected chi connectivity index (χ3v) is 3.35. The number of alkyl halides is 2. The first-order valence-electron chi connectivity index (χ1n) is 3.55. The van der Waals surface area contributed by atoms with E-state index in [0.29, 0.717) is 4.47 Å². The SMILES string of the molecule is NC(=O)C(F)(F)Sc1ccccc1Br. The molecule has 0 fully saturated rings. The van der Waals surface area contributed by atoms with Crippen LogP contribution in [0, 0.1) is 0 Å². The Kier molecular flexibility index (Phi) is 3.49. The molecule has 0 aromatic heterocycles. The van der Waals surface area contributed by atoms with Crippen molar-refractivity contribution in [2.45, 2.75) is 10.2 Å². The van der Waals surface area contributed by atoms with E-state index >= 15 is 0 Å². The molecule has 6 heteroatoms. The largest absolute Gasteiger partial charge is 0.374 e. The molecule has 0 saturated carbocycles. The summed E-state index contributed by atoms with van der Waals surface area (Å²) in [6.07, 6.45) is 0. The monoisotopic (exact) mass is 281 g/mol. The standard InChI is InChI=1S/C8H6BrF2NOS/c9-5-3-1-2-4-6(5)14-8(10,11)7(12)13/h1-4H,(H2,12,13). The average molecular weight is 282 g/mol. The predicted octanol–water partition coefficient (Wildman–Crippen LogP) is 2.62. The first-order valence-corrected chi connectivity index (χ1v) is 5.15. The molecule has 0 spiro atoms. The second kappa shape index (κ2) is 4.27. The zero-order valence-electron chi connectivity index (χ0n) is 6.84. The second-order valence-electron chi connectivity index (χ2n) is 2.41. The fourth-order valence-electron chi connectivity index (χ4n) is 0.716. The zero-order chi connectivity index (χ0) is 10.8. The highest BCUT2D eigenvalue weighted by molar-refractivity contribution is 9.10. The summed E-state index contributed by atoms with van der Waals surface area (Å²) in [5, 5.41) is -3.58. The van der Waals surface area contributed by atoms with Gasteiger partial charge in [-0.3, -0.25) is 4.79 Å². The number of nitrogens with two attached hydrogens (primary N) is 1. The molecule has 76 valence electrons. The summed E-state index contributed by atoms with van der Waals surface area (Å²) in [6.45, 7) is 0. The first-order chi connectivity index (χ1) is 6.43. The number of benzene rings is 1. The Bertz CT molecular complexity index is 359. The maximum Gasteiger partial charge on any atom is 0.374 e. The topological polar surface area (TPSA) is 43.1 Å². The van der Waals surface area contributed by atoms with Crippen LogP contribution in [-0.4, -0.2) is 11.2 Å². The number of hydrogen-bond donors (Lipinski definition) is 1. The molecule has 0 saturated heterocycles. The van der Waals surface area contributed by atoms with Crippen LogP contribution in [0.2, 0.25) is 0 Å². The minimum Gasteiger partial charge on any atom is -0.364 e. The quantitative estimate of drug-likeness (QED) is 0.866. The first kappa shape index (κ1) is 11.5. The van der Waals surface area contributed by atoms with Gasteiger partial charge in [0.25, 0.3) is 5.91 Å². The van der Waals surface area contributed by atoms with Crippen LogP contribution in [-0.2, 0) is 4.79 Å². The second-order valence-corrected chi connectivity index (χ2v) is 4.42. The molecule has 0 radical (unpaired) electrons. The average Bonchev–Trinajstić information content (AvgIpc) is 2.08. The lowest BCUT2D eigenvalue weighted by molar-refractivity contribution is -0.131. The smallest absolute Gasteiger partial charge is 0.364 e. The number of halogens is 3.